The van der Waals surface area contributed by atoms with E-state index in [1.54, 1.807) is 30.3 Å². The van der Waals surface area contributed by atoms with E-state index in [1.165, 1.54) is 14.2 Å². The highest BCUT2D eigenvalue weighted by Gasteiger charge is 2.16. The van der Waals surface area contributed by atoms with E-state index in [9.17, 15) is 9.59 Å². The highest BCUT2D eigenvalue weighted by molar-refractivity contribution is 5.94. The molecule has 0 bridgehead atoms. The smallest absolute Gasteiger partial charge is 0.341 e. The van der Waals surface area contributed by atoms with Gasteiger partial charge in [-0.2, -0.15) is 0 Å². The Morgan fingerprint density at radius 1 is 1.33 bits per heavy atom. The molecule has 6 nitrogen and oxygen atoms in total. The molecule has 0 radical (unpaired) electrons. The first-order chi connectivity index (χ1) is 8.60. The van der Waals surface area contributed by atoms with E-state index in [-0.39, 0.29) is 12.4 Å². The molecule has 0 aliphatic rings. The second-order valence-corrected chi connectivity index (χ2v) is 3.61. The maximum Gasteiger partial charge on any atom is 0.341 e. The Labute approximate surface area is 106 Å². The molecule has 98 valence electrons. The van der Waals surface area contributed by atoms with E-state index in [0.717, 1.165) is 0 Å². The van der Waals surface area contributed by atoms with Crippen molar-refractivity contribution in [1.29, 1.82) is 0 Å². The van der Waals surface area contributed by atoms with Crippen molar-refractivity contribution in [3.05, 3.63) is 23.9 Å². The predicted molar refractivity (Wildman–Crippen MR) is 65.5 cm³/mol. The first kappa shape index (κ1) is 14.0. The molecule has 18 heavy (non-hydrogen) atoms. The molecule has 0 aromatic carbocycles. The topological polar surface area (TPSA) is 68.7 Å². The molecule has 0 unspecified atom stereocenters. The van der Waals surface area contributed by atoms with Crippen LogP contribution in [-0.4, -0.2) is 44.7 Å². The highest BCUT2D eigenvalue weighted by atomic mass is 16.5. The van der Waals surface area contributed by atoms with E-state index in [4.69, 9.17) is 0 Å². The van der Waals surface area contributed by atoms with Crippen molar-refractivity contribution in [2.24, 2.45) is 0 Å². The number of carbonyl (C=O) groups excluding carboxylic acids is 2. The fraction of sp³-hybridized carbons (Fsp3) is 0.417. The van der Waals surface area contributed by atoms with Crippen molar-refractivity contribution in [1.82, 2.24) is 4.98 Å². The molecule has 0 aliphatic carbocycles. The van der Waals surface area contributed by atoms with Crippen LogP contribution in [0.15, 0.2) is 18.3 Å². The Balaban J connectivity index is 2.81. The lowest BCUT2D eigenvalue weighted by atomic mass is 10.2. The van der Waals surface area contributed by atoms with Gasteiger partial charge in [0.15, 0.2) is 0 Å². The van der Waals surface area contributed by atoms with Crippen LogP contribution in [0.5, 0.6) is 0 Å². The monoisotopic (exact) mass is 252 g/mol. The second-order valence-electron chi connectivity index (χ2n) is 3.61. The first-order valence-electron chi connectivity index (χ1n) is 5.41. The van der Waals surface area contributed by atoms with Crippen molar-refractivity contribution in [3.8, 4) is 0 Å². The van der Waals surface area contributed by atoms with Gasteiger partial charge in [0.25, 0.3) is 0 Å². The molecule has 1 aromatic heterocycles. The average molecular weight is 252 g/mol. The number of carbonyl (C=O) groups is 2. The maximum absolute atomic E-state index is 11.6. The van der Waals surface area contributed by atoms with Crippen molar-refractivity contribution >= 4 is 17.8 Å². The summed E-state index contributed by atoms with van der Waals surface area (Å²) in [6.45, 7) is 0.410. The average Bonchev–Trinajstić information content (AvgIpc) is 2.43. The Morgan fingerprint density at radius 3 is 2.67 bits per heavy atom. The third kappa shape index (κ3) is 3.44. The van der Waals surface area contributed by atoms with Crippen molar-refractivity contribution in [2.45, 2.75) is 6.42 Å². The third-order valence-corrected chi connectivity index (χ3v) is 2.43. The van der Waals surface area contributed by atoms with Crippen LogP contribution in [0.1, 0.15) is 16.8 Å². The minimum atomic E-state index is -0.456. The fourth-order valence-corrected chi connectivity index (χ4v) is 1.44. The summed E-state index contributed by atoms with van der Waals surface area (Å²) in [5.74, 6) is -0.284. The number of ether oxygens (including phenoxy) is 2. The maximum atomic E-state index is 11.6. The summed E-state index contributed by atoms with van der Waals surface area (Å²) < 4.78 is 9.23. The van der Waals surface area contributed by atoms with Gasteiger partial charge < -0.3 is 14.4 Å². The highest BCUT2D eigenvalue weighted by Crippen LogP contribution is 2.16. The van der Waals surface area contributed by atoms with Gasteiger partial charge in [0.05, 0.1) is 20.6 Å². The van der Waals surface area contributed by atoms with Gasteiger partial charge in [-0.3, -0.25) is 4.79 Å². The van der Waals surface area contributed by atoms with E-state index in [2.05, 4.69) is 14.5 Å². The molecular weight excluding hydrogens is 236 g/mol. The summed E-state index contributed by atoms with van der Waals surface area (Å²) >= 11 is 0. The molecule has 1 heterocycles. The van der Waals surface area contributed by atoms with E-state index in [0.29, 0.717) is 17.9 Å². The van der Waals surface area contributed by atoms with Crippen LogP contribution in [0.2, 0.25) is 0 Å². The lowest BCUT2D eigenvalue weighted by Gasteiger charge is -2.19. The van der Waals surface area contributed by atoms with E-state index >= 15 is 0 Å². The van der Waals surface area contributed by atoms with Crippen LogP contribution in [0.25, 0.3) is 0 Å². The van der Waals surface area contributed by atoms with Crippen LogP contribution < -0.4 is 4.90 Å². The molecule has 0 spiro atoms. The summed E-state index contributed by atoms with van der Waals surface area (Å²) in [6, 6.07) is 3.28. The van der Waals surface area contributed by atoms with Crippen LogP contribution in [-0.2, 0) is 14.3 Å². The predicted octanol–water partition coefficient (Wildman–Crippen LogP) is 0.867. The molecule has 0 saturated heterocycles. The summed E-state index contributed by atoms with van der Waals surface area (Å²) in [5.41, 5.74) is 0.368. The van der Waals surface area contributed by atoms with Crippen LogP contribution >= 0.6 is 0 Å². The number of anilines is 1. The van der Waals surface area contributed by atoms with Crippen LogP contribution in [0, 0.1) is 0 Å². The number of rotatable bonds is 5. The molecule has 1 rings (SSSR count). The second kappa shape index (κ2) is 6.58. The Morgan fingerprint density at radius 2 is 2.06 bits per heavy atom. The Hall–Kier alpha value is -2.11. The third-order valence-electron chi connectivity index (χ3n) is 2.43. The van der Waals surface area contributed by atoms with Gasteiger partial charge in [0.1, 0.15) is 11.4 Å². The molecular formula is C12H16N2O4. The zero-order valence-electron chi connectivity index (χ0n) is 10.7. The summed E-state index contributed by atoms with van der Waals surface area (Å²) in [7, 11) is 4.40. The number of aromatic nitrogens is 1. The normalized spacial score (nSPS) is 9.72. The fourth-order valence-electron chi connectivity index (χ4n) is 1.44. The van der Waals surface area contributed by atoms with E-state index in [1.807, 2.05) is 0 Å². The molecule has 0 atom stereocenters. The summed E-state index contributed by atoms with van der Waals surface area (Å²) in [6.07, 6.45) is 1.81. The number of hydrogen-bond donors (Lipinski definition) is 0. The van der Waals surface area contributed by atoms with Crippen LogP contribution in [0.4, 0.5) is 5.82 Å². The zero-order chi connectivity index (χ0) is 13.5. The van der Waals surface area contributed by atoms with Gasteiger partial charge in [-0.05, 0) is 12.1 Å². The van der Waals surface area contributed by atoms with E-state index < -0.39 is 5.97 Å². The zero-order valence-corrected chi connectivity index (χ0v) is 10.7. The number of esters is 2. The van der Waals surface area contributed by atoms with Crippen molar-refractivity contribution < 1.29 is 19.1 Å². The van der Waals surface area contributed by atoms with Gasteiger partial charge in [-0.1, -0.05) is 0 Å². The number of nitrogens with zero attached hydrogens (tertiary/aromatic N) is 2. The van der Waals surface area contributed by atoms with Crippen molar-refractivity contribution in [2.75, 3.05) is 32.7 Å². The standard InChI is InChI=1S/C12H16N2O4/c1-14(8-6-10(15)17-2)11-9(12(16)18-3)5-4-7-13-11/h4-5,7H,6,8H2,1-3H3. The van der Waals surface area contributed by atoms with Gasteiger partial charge >= 0.3 is 11.9 Å². The minimum absolute atomic E-state index is 0.226. The summed E-state index contributed by atoms with van der Waals surface area (Å²) in [5, 5.41) is 0. The van der Waals surface area contributed by atoms with Gasteiger partial charge in [-0.15, -0.1) is 0 Å². The first-order valence-corrected chi connectivity index (χ1v) is 5.41. The molecule has 0 amide bonds. The van der Waals surface area contributed by atoms with Gasteiger partial charge in [0.2, 0.25) is 0 Å². The molecule has 1 aromatic rings. The lowest BCUT2D eigenvalue weighted by Crippen LogP contribution is -2.24. The quantitative estimate of drug-likeness (QED) is 0.724. The lowest BCUT2D eigenvalue weighted by molar-refractivity contribution is -0.140. The molecule has 6 heteroatoms. The molecule has 0 aliphatic heterocycles. The Kier molecular flexibility index (Phi) is 5.10. The Bertz CT molecular complexity index is 434. The largest absolute Gasteiger partial charge is 0.469 e. The molecule has 0 fully saturated rings. The number of pyridine rings is 1. The number of methoxy groups -OCH3 is 2. The van der Waals surface area contributed by atoms with Crippen LogP contribution in [0.3, 0.4) is 0 Å². The van der Waals surface area contributed by atoms with Gasteiger partial charge in [0, 0.05) is 19.8 Å². The molecule has 0 saturated carbocycles. The SMILES string of the molecule is COC(=O)CCN(C)c1ncccc1C(=O)OC. The number of hydrogen-bond acceptors (Lipinski definition) is 6. The van der Waals surface area contributed by atoms with Crippen molar-refractivity contribution in [3.63, 3.8) is 0 Å². The molecule has 0 N–H and O–H groups in total. The minimum Gasteiger partial charge on any atom is -0.469 e. The van der Waals surface area contributed by atoms with Gasteiger partial charge in [-0.25, -0.2) is 9.78 Å². The summed E-state index contributed by atoms with van der Waals surface area (Å²) in [4.78, 5) is 28.4.